The molecule has 2 aromatic rings. The lowest BCUT2D eigenvalue weighted by Crippen LogP contribution is -2.28. The summed E-state index contributed by atoms with van der Waals surface area (Å²) >= 11 is 6.93. The Morgan fingerprint density at radius 1 is 1.35 bits per heavy atom. The van der Waals surface area contributed by atoms with Gasteiger partial charge in [0.15, 0.2) is 6.61 Å². The fourth-order valence-corrected chi connectivity index (χ4v) is 3.53. The van der Waals surface area contributed by atoms with Crippen LogP contribution >= 0.6 is 22.9 Å². The molecule has 0 saturated heterocycles. The van der Waals surface area contributed by atoms with Gasteiger partial charge in [-0.15, -0.1) is 11.3 Å². The highest BCUT2D eigenvalue weighted by molar-refractivity contribution is 7.91. The van der Waals surface area contributed by atoms with Gasteiger partial charge in [-0.2, -0.15) is 0 Å². The van der Waals surface area contributed by atoms with Crippen LogP contribution in [0.2, 0.25) is 5.02 Å². The highest BCUT2D eigenvalue weighted by Gasteiger charge is 2.12. The summed E-state index contributed by atoms with van der Waals surface area (Å²) in [5, 5.41) is 8.30. The molecule has 9 heteroatoms. The standard InChI is InChI=1S/C14H15ClN2O4S2/c1-9-6-10(2-4-12(9)15)21-8-13(18)17-7-11-3-5-14(22-11)23(16,19)20/h2-6H,7-8H2,1H3,(H,17,18)(H2,16,19,20). The van der Waals surface area contributed by atoms with Crippen molar-refractivity contribution in [3.8, 4) is 5.75 Å². The fraction of sp³-hybridized carbons (Fsp3) is 0.214. The monoisotopic (exact) mass is 374 g/mol. The third-order valence-corrected chi connectivity index (χ3v) is 5.82. The van der Waals surface area contributed by atoms with Crippen molar-refractivity contribution in [2.45, 2.75) is 17.7 Å². The van der Waals surface area contributed by atoms with E-state index >= 15 is 0 Å². The molecule has 23 heavy (non-hydrogen) atoms. The van der Waals surface area contributed by atoms with Gasteiger partial charge in [-0.05, 0) is 42.8 Å². The molecule has 1 aromatic carbocycles. The second-order valence-electron chi connectivity index (χ2n) is 4.74. The van der Waals surface area contributed by atoms with E-state index < -0.39 is 10.0 Å². The molecular weight excluding hydrogens is 360 g/mol. The van der Waals surface area contributed by atoms with Gasteiger partial charge < -0.3 is 10.1 Å². The van der Waals surface area contributed by atoms with Gasteiger partial charge in [0, 0.05) is 9.90 Å². The number of ether oxygens (including phenoxy) is 1. The molecule has 0 spiro atoms. The molecule has 0 radical (unpaired) electrons. The summed E-state index contributed by atoms with van der Waals surface area (Å²) < 4.78 is 27.8. The number of hydrogen-bond acceptors (Lipinski definition) is 5. The molecule has 1 amide bonds. The van der Waals surface area contributed by atoms with E-state index in [0.29, 0.717) is 15.6 Å². The molecule has 3 N–H and O–H groups in total. The molecule has 2 rings (SSSR count). The minimum atomic E-state index is -3.70. The van der Waals surface area contributed by atoms with Crippen LogP contribution in [0.5, 0.6) is 5.75 Å². The van der Waals surface area contributed by atoms with Crippen molar-refractivity contribution in [3.05, 3.63) is 45.8 Å². The predicted octanol–water partition coefficient (Wildman–Crippen LogP) is 2.05. The van der Waals surface area contributed by atoms with E-state index in [-0.39, 0.29) is 23.3 Å². The van der Waals surface area contributed by atoms with Crippen molar-refractivity contribution in [2.75, 3.05) is 6.61 Å². The van der Waals surface area contributed by atoms with E-state index in [9.17, 15) is 13.2 Å². The average molecular weight is 375 g/mol. The quantitative estimate of drug-likeness (QED) is 0.808. The number of hydrogen-bond donors (Lipinski definition) is 2. The highest BCUT2D eigenvalue weighted by Crippen LogP contribution is 2.21. The number of sulfonamides is 1. The number of aryl methyl sites for hydroxylation is 1. The Morgan fingerprint density at radius 3 is 2.70 bits per heavy atom. The van der Waals surface area contributed by atoms with E-state index in [1.54, 1.807) is 24.3 Å². The van der Waals surface area contributed by atoms with Crippen LogP contribution in [0, 0.1) is 6.92 Å². The number of rotatable bonds is 6. The summed E-state index contributed by atoms with van der Waals surface area (Å²) in [5.41, 5.74) is 0.860. The van der Waals surface area contributed by atoms with Crippen LogP contribution < -0.4 is 15.2 Å². The van der Waals surface area contributed by atoms with Crippen molar-refractivity contribution in [2.24, 2.45) is 5.14 Å². The topological polar surface area (TPSA) is 98.5 Å². The molecule has 1 aromatic heterocycles. The van der Waals surface area contributed by atoms with Crippen LogP contribution in [0.25, 0.3) is 0 Å². The molecule has 6 nitrogen and oxygen atoms in total. The van der Waals surface area contributed by atoms with Gasteiger partial charge in [0.05, 0.1) is 6.54 Å². The van der Waals surface area contributed by atoms with Crippen LogP contribution in [-0.2, 0) is 21.4 Å². The minimum absolute atomic E-state index is 0.0645. The molecule has 0 aliphatic rings. The Kier molecular flexibility index (Phi) is 5.64. The van der Waals surface area contributed by atoms with Gasteiger partial charge in [0.25, 0.3) is 5.91 Å². The van der Waals surface area contributed by atoms with Gasteiger partial charge in [-0.3, -0.25) is 4.79 Å². The van der Waals surface area contributed by atoms with Crippen molar-refractivity contribution in [1.29, 1.82) is 0 Å². The van der Waals surface area contributed by atoms with Crippen molar-refractivity contribution >= 4 is 38.9 Å². The van der Waals surface area contributed by atoms with Gasteiger partial charge in [-0.1, -0.05) is 11.6 Å². The molecular formula is C14H15ClN2O4S2. The first-order valence-electron chi connectivity index (χ1n) is 6.53. The van der Waals surface area contributed by atoms with Gasteiger partial charge in [0.2, 0.25) is 10.0 Å². The van der Waals surface area contributed by atoms with E-state index in [1.165, 1.54) is 6.07 Å². The Bertz CT molecular complexity index is 818. The summed E-state index contributed by atoms with van der Waals surface area (Å²) in [7, 11) is -3.70. The minimum Gasteiger partial charge on any atom is -0.484 e. The Morgan fingerprint density at radius 2 is 2.09 bits per heavy atom. The molecule has 124 valence electrons. The zero-order valence-corrected chi connectivity index (χ0v) is 14.6. The third-order valence-electron chi connectivity index (χ3n) is 2.88. The predicted molar refractivity (Wildman–Crippen MR) is 89.2 cm³/mol. The Balaban J connectivity index is 1.83. The number of halogens is 1. The zero-order chi connectivity index (χ0) is 17.0. The molecule has 1 heterocycles. The number of nitrogens with one attached hydrogen (secondary N) is 1. The van der Waals surface area contributed by atoms with Crippen LogP contribution in [0.3, 0.4) is 0 Å². The molecule has 0 unspecified atom stereocenters. The molecule has 0 saturated carbocycles. The smallest absolute Gasteiger partial charge is 0.258 e. The Labute approximate surface area is 143 Å². The third kappa shape index (κ3) is 5.21. The molecule has 0 aliphatic carbocycles. The first-order valence-corrected chi connectivity index (χ1v) is 9.27. The lowest BCUT2D eigenvalue weighted by atomic mass is 10.2. The zero-order valence-electron chi connectivity index (χ0n) is 12.2. The number of amides is 1. The van der Waals surface area contributed by atoms with Gasteiger partial charge in [0.1, 0.15) is 9.96 Å². The van der Waals surface area contributed by atoms with Crippen molar-refractivity contribution in [1.82, 2.24) is 5.32 Å². The second kappa shape index (κ2) is 7.31. The summed E-state index contributed by atoms with van der Waals surface area (Å²) in [5.74, 6) is 0.234. The fourth-order valence-electron chi connectivity index (χ4n) is 1.70. The molecule has 0 aliphatic heterocycles. The lowest BCUT2D eigenvalue weighted by Gasteiger charge is -2.08. The van der Waals surface area contributed by atoms with E-state index in [2.05, 4.69) is 5.32 Å². The average Bonchev–Trinajstić information content (AvgIpc) is 2.95. The Hall–Kier alpha value is -1.61. The number of carbonyl (C=O) groups excluding carboxylic acids is 1. The summed E-state index contributed by atoms with van der Waals surface area (Å²) in [6.07, 6.45) is 0. The molecule has 0 atom stereocenters. The maximum Gasteiger partial charge on any atom is 0.258 e. The maximum atomic E-state index is 11.7. The number of nitrogens with two attached hydrogens (primary N) is 1. The van der Waals surface area contributed by atoms with Crippen LogP contribution in [0.15, 0.2) is 34.5 Å². The van der Waals surface area contributed by atoms with Crippen molar-refractivity contribution < 1.29 is 17.9 Å². The summed E-state index contributed by atoms with van der Waals surface area (Å²) in [4.78, 5) is 12.4. The number of benzene rings is 1. The normalized spacial score (nSPS) is 11.3. The molecule has 0 fully saturated rings. The highest BCUT2D eigenvalue weighted by atomic mass is 35.5. The van der Waals surface area contributed by atoms with Gasteiger partial charge in [-0.25, -0.2) is 13.6 Å². The largest absolute Gasteiger partial charge is 0.484 e. The lowest BCUT2D eigenvalue weighted by molar-refractivity contribution is -0.123. The van der Waals surface area contributed by atoms with Crippen molar-refractivity contribution in [3.63, 3.8) is 0 Å². The number of primary sulfonamides is 1. The van der Waals surface area contributed by atoms with E-state index in [0.717, 1.165) is 16.9 Å². The number of carbonyl (C=O) groups is 1. The second-order valence-corrected chi connectivity index (χ2v) is 8.11. The number of thiophene rings is 1. The van der Waals surface area contributed by atoms with E-state index in [1.807, 2.05) is 6.92 Å². The van der Waals surface area contributed by atoms with Gasteiger partial charge >= 0.3 is 0 Å². The van der Waals surface area contributed by atoms with Crippen LogP contribution in [0.4, 0.5) is 0 Å². The first kappa shape index (κ1) is 17.7. The maximum absolute atomic E-state index is 11.7. The van der Waals surface area contributed by atoms with Crippen LogP contribution in [-0.4, -0.2) is 20.9 Å². The van der Waals surface area contributed by atoms with Crippen LogP contribution in [0.1, 0.15) is 10.4 Å². The SMILES string of the molecule is Cc1cc(OCC(=O)NCc2ccc(S(N)(=O)=O)s2)ccc1Cl. The summed E-state index contributed by atoms with van der Waals surface area (Å²) in [6.45, 7) is 1.91. The molecule has 0 bridgehead atoms. The summed E-state index contributed by atoms with van der Waals surface area (Å²) in [6, 6.07) is 8.14. The first-order chi connectivity index (χ1) is 10.8. The van der Waals surface area contributed by atoms with E-state index in [4.69, 9.17) is 21.5 Å².